The number of carbonyl (C=O) groups excluding carboxylic acids is 3. The molecule has 0 amide bonds. The Hall–Kier alpha value is -3.41. The molecule has 0 aromatic rings. The molecule has 0 heterocycles. The SMILES string of the molecule is CC/C=C/C=C/C=C/C=C/CCCCCC(=O)OC(COC(=O)CCCCCCCCC/C=C/C=C/C=C/CC)COC(=O)CCCCCCCCCCCCCCC. The molecule has 1 atom stereocenters. The lowest BCUT2D eigenvalue weighted by Crippen LogP contribution is -2.30. The Bertz CT molecular complexity index is 1170. The molecule has 336 valence electrons. The van der Waals surface area contributed by atoms with Crippen LogP contribution in [0.25, 0.3) is 0 Å². The van der Waals surface area contributed by atoms with Gasteiger partial charge < -0.3 is 14.2 Å². The topological polar surface area (TPSA) is 78.9 Å². The van der Waals surface area contributed by atoms with E-state index in [2.05, 4.69) is 69.4 Å². The van der Waals surface area contributed by atoms with Crippen molar-refractivity contribution in [2.24, 2.45) is 0 Å². The number of allylic oxidation sites excluding steroid dienone is 14. The molecule has 0 aliphatic heterocycles. The molecule has 0 N–H and O–H groups in total. The van der Waals surface area contributed by atoms with Gasteiger partial charge in [-0.2, -0.15) is 0 Å². The largest absolute Gasteiger partial charge is 0.462 e. The van der Waals surface area contributed by atoms with E-state index >= 15 is 0 Å². The summed E-state index contributed by atoms with van der Waals surface area (Å²) >= 11 is 0. The number of hydrogen-bond acceptors (Lipinski definition) is 6. The molecule has 0 rings (SSSR count). The van der Waals surface area contributed by atoms with E-state index in [-0.39, 0.29) is 37.5 Å². The number of ether oxygens (including phenoxy) is 3. The van der Waals surface area contributed by atoms with Gasteiger partial charge in [0.2, 0.25) is 0 Å². The van der Waals surface area contributed by atoms with Crippen molar-refractivity contribution in [2.75, 3.05) is 13.2 Å². The van der Waals surface area contributed by atoms with Gasteiger partial charge in [-0.3, -0.25) is 14.4 Å². The molecule has 0 bridgehead atoms. The van der Waals surface area contributed by atoms with Gasteiger partial charge in [-0.25, -0.2) is 0 Å². The van der Waals surface area contributed by atoms with Crippen LogP contribution in [0.2, 0.25) is 0 Å². The van der Waals surface area contributed by atoms with Gasteiger partial charge in [-0.1, -0.05) is 221 Å². The van der Waals surface area contributed by atoms with Crippen LogP contribution in [0.15, 0.2) is 85.1 Å². The van der Waals surface area contributed by atoms with Gasteiger partial charge in [0, 0.05) is 19.3 Å². The molecular formula is C53H88O6. The average Bonchev–Trinajstić information content (AvgIpc) is 3.23. The minimum atomic E-state index is -0.799. The monoisotopic (exact) mass is 821 g/mol. The predicted octanol–water partition coefficient (Wildman–Crippen LogP) is 15.6. The van der Waals surface area contributed by atoms with Crippen molar-refractivity contribution in [3.8, 4) is 0 Å². The van der Waals surface area contributed by atoms with Gasteiger partial charge in [0.1, 0.15) is 13.2 Å². The Kier molecular flexibility index (Phi) is 44.5. The van der Waals surface area contributed by atoms with Crippen molar-refractivity contribution in [3.05, 3.63) is 85.1 Å². The van der Waals surface area contributed by atoms with Gasteiger partial charge in [0.15, 0.2) is 6.10 Å². The molecule has 0 saturated carbocycles. The molecule has 6 nitrogen and oxygen atoms in total. The summed E-state index contributed by atoms with van der Waals surface area (Å²) in [5.41, 5.74) is 0. The maximum atomic E-state index is 12.7. The lowest BCUT2D eigenvalue weighted by molar-refractivity contribution is -0.167. The van der Waals surface area contributed by atoms with Crippen LogP contribution in [0.3, 0.4) is 0 Å². The summed E-state index contributed by atoms with van der Waals surface area (Å²) in [6.07, 6.45) is 59.9. The third-order valence-corrected chi connectivity index (χ3v) is 10.1. The van der Waals surface area contributed by atoms with Crippen molar-refractivity contribution in [1.29, 1.82) is 0 Å². The second-order valence-electron chi connectivity index (χ2n) is 15.8. The summed E-state index contributed by atoms with van der Waals surface area (Å²) in [5.74, 6) is -0.951. The Labute approximate surface area is 363 Å². The first-order chi connectivity index (χ1) is 29.0. The van der Waals surface area contributed by atoms with Crippen molar-refractivity contribution >= 4 is 17.9 Å². The van der Waals surface area contributed by atoms with Crippen LogP contribution >= 0.6 is 0 Å². The molecule has 0 saturated heterocycles. The number of rotatable bonds is 42. The van der Waals surface area contributed by atoms with Gasteiger partial charge in [-0.15, -0.1) is 0 Å². The zero-order valence-corrected chi connectivity index (χ0v) is 38.2. The van der Waals surface area contributed by atoms with Crippen LogP contribution in [0.1, 0.15) is 213 Å². The van der Waals surface area contributed by atoms with Crippen LogP contribution in [-0.4, -0.2) is 37.2 Å². The van der Waals surface area contributed by atoms with E-state index in [4.69, 9.17) is 14.2 Å². The first kappa shape index (κ1) is 55.6. The summed E-state index contributed by atoms with van der Waals surface area (Å²) in [6, 6.07) is 0. The second kappa shape index (κ2) is 47.3. The van der Waals surface area contributed by atoms with Gasteiger partial charge in [0.05, 0.1) is 0 Å². The van der Waals surface area contributed by atoms with Crippen molar-refractivity contribution in [1.82, 2.24) is 0 Å². The Balaban J connectivity index is 4.46. The van der Waals surface area contributed by atoms with E-state index in [9.17, 15) is 14.4 Å². The number of carbonyl (C=O) groups is 3. The summed E-state index contributed by atoms with van der Waals surface area (Å²) < 4.78 is 16.7. The fraction of sp³-hybridized carbons (Fsp3) is 0.679. The molecular weight excluding hydrogens is 733 g/mol. The summed E-state index contributed by atoms with van der Waals surface area (Å²) in [5, 5.41) is 0. The predicted molar refractivity (Wildman–Crippen MR) is 251 cm³/mol. The maximum Gasteiger partial charge on any atom is 0.306 e. The van der Waals surface area contributed by atoms with Crippen LogP contribution in [0, 0.1) is 0 Å². The molecule has 0 fully saturated rings. The molecule has 0 radical (unpaired) electrons. The van der Waals surface area contributed by atoms with Crippen molar-refractivity contribution in [2.45, 2.75) is 219 Å². The lowest BCUT2D eigenvalue weighted by Gasteiger charge is -2.18. The zero-order chi connectivity index (χ0) is 43.0. The summed E-state index contributed by atoms with van der Waals surface area (Å²) in [6.45, 7) is 6.31. The highest BCUT2D eigenvalue weighted by atomic mass is 16.6. The fourth-order valence-corrected chi connectivity index (χ4v) is 6.45. The molecule has 0 aromatic carbocycles. The van der Waals surface area contributed by atoms with E-state index in [1.165, 1.54) is 89.9 Å². The van der Waals surface area contributed by atoms with E-state index in [1.807, 2.05) is 36.5 Å². The Morgan fingerprint density at radius 1 is 0.356 bits per heavy atom. The lowest BCUT2D eigenvalue weighted by atomic mass is 10.0. The fourth-order valence-electron chi connectivity index (χ4n) is 6.45. The third-order valence-electron chi connectivity index (χ3n) is 10.1. The molecule has 0 aliphatic rings. The zero-order valence-electron chi connectivity index (χ0n) is 38.2. The Morgan fingerprint density at radius 3 is 1.05 bits per heavy atom. The molecule has 0 spiro atoms. The summed E-state index contributed by atoms with van der Waals surface area (Å²) in [4.78, 5) is 37.9. The minimum Gasteiger partial charge on any atom is -0.462 e. The van der Waals surface area contributed by atoms with Crippen LogP contribution < -0.4 is 0 Å². The van der Waals surface area contributed by atoms with E-state index in [1.54, 1.807) is 0 Å². The smallest absolute Gasteiger partial charge is 0.306 e. The van der Waals surface area contributed by atoms with Crippen LogP contribution in [-0.2, 0) is 28.6 Å². The molecule has 6 heteroatoms. The van der Waals surface area contributed by atoms with E-state index in [0.717, 1.165) is 77.0 Å². The molecule has 1 unspecified atom stereocenters. The van der Waals surface area contributed by atoms with Crippen molar-refractivity contribution in [3.63, 3.8) is 0 Å². The van der Waals surface area contributed by atoms with Gasteiger partial charge >= 0.3 is 17.9 Å². The molecule has 0 aromatic heterocycles. The highest BCUT2D eigenvalue weighted by Crippen LogP contribution is 2.14. The second-order valence-corrected chi connectivity index (χ2v) is 15.8. The van der Waals surface area contributed by atoms with Crippen LogP contribution in [0.5, 0.6) is 0 Å². The quantitative estimate of drug-likeness (QED) is 0.0264. The van der Waals surface area contributed by atoms with Gasteiger partial charge in [0.25, 0.3) is 0 Å². The highest BCUT2D eigenvalue weighted by Gasteiger charge is 2.19. The minimum absolute atomic E-state index is 0.0957. The maximum absolute atomic E-state index is 12.7. The number of esters is 3. The average molecular weight is 821 g/mol. The summed E-state index contributed by atoms with van der Waals surface area (Å²) in [7, 11) is 0. The third kappa shape index (κ3) is 45.5. The number of unbranched alkanes of at least 4 members (excludes halogenated alkanes) is 22. The first-order valence-electron chi connectivity index (χ1n) is 24.2. The van der Waals surface area contributed by atoms with Gasteiger partial charge in [-0.05, 0) is 57.8 Å². The van der Waals surface area contributed by atoms with Crippen LogP contribution in [0.4, 0.5) is 0 Å². The molecule has 0 aliphatic carbocycles. The van der Waals surface area contributed by atoms with E-state index < -0.39 is 6.10 Å². The molecule has 59 heavy (non-hydrogen) atoms. The normalized spacial score (nSPS) is 12.8. The van der Waals surface area contributed by atoms with Crippen molar-refractivity contribution < 1.29 is 28.6 Å². The Morgan fingerprint density at radius 2 is 0.661 bits per heavy atom. The standard InChI is InChI=1S/C53H88O6/c1-4-7-10-13-16-19-22-25-26-29-31-34-37-40-43-46-52(55)58-49-50(59-53(56)47-44-41-38-35-32-28-24-21-18-15-12-9-6-3)48-57-51(54)45-42-39-36-33-30-27-23-20-17-14-11-8-5-2/h7,9-10,12-13,15-16,18-19,21-22,24,28,32,50H,4-6,8,11,14,17,20,23,25-27,29-31,33-49H2,1-3H3/b10-7+,12-9+,16-13+,18-15+,22-19+,24-21+,32-28+. The van der Waals surface area contributed by atoms with E-state index in [0.29, 0.717) is 19.3 Å². The highest BCUT2D eigenvalue weighted by molar-refractivity contribution is 5.71. The number of hydrogen-bond donors (Lipinski definition) is 0. The first-order valence-corrected chi connectivity index (χ1v) is 24.2.